The van der Waals surface area contributed by atoms with Gasteiger partial charge in [0.05, 0.1) is 0 Å². The van der Waals surface area contributed by atoms with Gasteiger partial charge in [0.25, 0.3) is 0 Å². The second-order valence-electron chi connectivity index (χ2n) is 4.75. The Hall–Kier alpha value is -1.35. The summed E-state index contributed by atoms with van der Waals surface area (Å²) in [5.41, 5.74) is 4.64. The quantitative estimate of drug-likeness (QED) is 0.740. The lowest BCUT2D eigenvalue weighted by Crippen LogP contribution is -2.17. The summed E-state index contributed by atoms with van der Waals surface area (Å²) in [4.78, 5) is 2.14. The smallest absolute Gasteiger partial charge is 0.123 e. The Kier molecular flexibility index (Phi) is 4.59. The van der Waals surface area contributed by atoms with Gasteiger partial charge in [-0.3, -0.25) is 0 Å². The molecule has 100 valence electrons. The van der Waals surface area contributed by atoms with Crippen LogP contribution in [-0.2, 0) is 11.9 Å². The van der Waals surface area contributed by atoms with E-state index in [-0.39, 0.29) is 5.82 Å². The molecule has 0 aliphatic carbocycles. The van der Waals surface area contributed by atoms with Crippen LogP contribution in [0.2, 0.25) is 0 Å². The van der Waals surface area contributed by atoms with E-state index in [0.29, 0.717) is 6.54 Å². The van der Waals surface area contributed by atoms with E-state index in [1.807, 2.05) is 13.1 Å². The van der Waals surface area contributed by atoms with Crippen molar-refractivity contribution in [1.29, 1.82) is 0 Å². The number of alkyl halides is 1. The van der Waals surface area contributed by atoms with E-state index in [9.17, 15) is 4.39 Å². The number of anilines is 1. The third-order valence-corrected chi connectivity index (χ3v) is 3.70. The number of hydrogen-bond acceptors (Lipinski definition) is 1. The Balaban J connectivity index is 2.22. The summed E-state index contributed by atoms with van der Waals surface area (Å²) >= 11 is 3.52. The first-order valence-corrected chi connectivity index (χ1v) is 7.33. The number of hydrogen-bond donors (Lipinski definition) is 0. The molecule has 0 amide bonds. The summed E-state index contributed by atoms with van der Waals surface area (Å²) < 4.78 is 13.2. The average Bonchev–Trinajstić information content (AvgIpc) is 2.38. The predicted octanol–water partition coefficient (Wildman–Crippen LogP) is 4.67. The van der Waals surface area contributed by atoms with Crippen LogP contribution in [0.1, 0.15) is 16.7 Å². The molecule has 0 spiro atoms. The highest BCUT2D eigenvalue weighted by Gasteiger charge is 2.08. The van der Waals surface area contributed by atoms with Crippen LogP contribution in [0.5, 0.6) is 0 Å². The van der Waals surface area contributed by atoms with Crippen molar-refractivity contribution < 1.29 is 4.39 Å². The number of halogens is 2. The van der Waals surface area contributed by atoms with Crippen LogP contribution in [-0.4, -0.2) is 7.05 Å². The zero-order chi connectivity index (χ0) is 13.8. The van der Waals surface area contributed by atoms with Crippen molar-refractivity contribution in [3.8, 4) is 0 Å². The standard InChI is InChI=1S/C16H17BrFN/c1-12-6-7-16(14(8-12)10-17)19(2)11-13-4-3-5-15(18)9-13/h3-9H,10-11H2,1-2H3. The van der Waals surface area contributed by atoms with E-state index in [1.54, 1.807) is 12.1 Å². The Morgan fingerprint density at radius 2 is 1.95 bits per heavy atom. The lowest BCUT2D eigenvalue weighted by molar-refractivity contribution is 0.625. The van der Waals surface area contributed by atoms with Crippen LogP contribution < -0.4 is 4.90 Å². The van der Waals surface area contributed by atoms with Crippen LogP contribution in [0.25, 0.3) is 0 Å². The minimum absolute atomic E-state index is 0.185. The number of aryl methyl sites for hydroxylation is 1. The molecule has 2 aromatic rings. The Morgan fingerprint density at radius 1 is 1.16 bits per heavy atom. The molecule has 0 atom stereocenters. The van der Waals surface area contributed by atoms with E-state index >= 15 is 0 Å². The van der Waals surface area contributed by atoms with Gasteiger partial charge in [-0.2, -0.15) is 0 Å². The molecule has 0 aliphatic rings. The topological polar surface area (TPSA) is 3.24 Å². The predicted molar refractivity (Wildman–Crippen MR) is 82.3 cm³/mol. The van der Waals surface area contributed by atoms with Crippen molar-refractivity contribution in [2.75, 3.05) is 11.9 Å². The van der Waals surface area contributed by atoms with Gasteiger partial charge in [0.15, 0.2) is 0 Å². The van der Waals surface area contributed by atoms with E-state index in [1.165, 1.54) is 22.9 Å². The van der Waals surface area contributed by atoms with Crippen molar-refractivity contribution in [2.45, 2.75) is 18.8 Å². The third-order valence-electron chi connectivity index (χ3n) is 3.10. The van der Waals surface area contributed by atoms with Crippen molar-refractivity contribution >= 4 is 21.6 Å². The highest BCUT2D eigenvalue weighted by Crippen LogP contribution is 2.24. The van der Waals surface area contributed by atoms with Gasteiger partial charge in [-0.15, -0.1) is 0 Å². The van der Waals surface area contributed by atoms with Crippen LogP contribution in [0.3, 0.4) is 0 Å². The van der Waals surface area contributed by atoms with Gasteiger partial charge >= 0.3 is 0 Å². The van der Waals surface area contributed by atoms with Gasteiger partial charge in [0.2, 0.25) is 0 Å². The molecule has 1 nitrogen and oxygen atoms in total. The van der Waals surface area contributed by atoms with Gasteiger partial charge < -0.3 is 4.90 Å². The molecule has 0 aromatic heterocycles. The molecule has 0 fully saturated rings. The van der Waals surface area contributed by atoms with Crippen LogP contribution in [0, 0.1) is 12.7 Å². The molecule has 2 rings (SSSR count). The van der Waals surface area contributed by atoms with Crippen LogP contribution in [0.15, 0.2) is 42.5 Å². The fourth-order valence-electron chi connectivity index (χ4n) is 2.19. The summed E-state index contributed by atoms with van der Waals surface area (Å²) in [6.45, 7) is 2.78. The first-order valence-electron chi connectivity index (χ1n) is 6.21. The molecule has 19 heavy (non-hydrogen) atoms. The molecule has 2 aromatic carbocycles. The van der Waals surface area contributed by atoms with Crippen molar-refractivity contribution in [3.05, 3.63) is 65.0 Å². The zero-order valence-electron chi connectivity index (χ0n) is 11.2. The first kappa shape index (κ1) is 14.1. The van der Waals surface area contributed by atoms with E-state index in [0.717, 1.165) is 10.9 Å². The van der Waals surface area contributed by atoms with E-state index in [2.05, 4.69) is 46.0 Å². The van der Waals surface area contributed by atoms with Gasteiger partial charge in [0, 0.05) is 24.6 Å². The summed E-state index contributed by atoms with van der Waals surface area (Å²) in [6.07, 6.45) is 0. The van der Waals surface area contributed by atoms with Crippen LogP contribution >= 0.6 is 15.9 Å². The molecule has 3 heteroatoms. The average molecular weight is 322 g/mol. The minimum atomic E-state index is -0.185. The summed E-state index contributed by atoms with van der Waals surface area (Å²) in [6, 6.07) is 13.1. The van der Waals surface area contributed by atoms with Gasteiger partial charge in [-0.25, -0.2) is 4.39 Å². The molecular weight excluding hydrogens is 305 g/mol. The third kappa shape index (κ3) is 3.57. The van der Waals surface area contributed by atoms with Crippen LogP contribution in [0.4, 0.5) is 10.1 Å². The van der Waals surface area contributed by atoms with Gasteiger partial charge in [-0.1, -0.05) is 45.8 Å². The number of nitrogens with zero attached hydrogens (tertiary/aromatic N) is 1. The minimum Gasteiger partial charge on any atom is -0.370 e. The van der Waals surface area contributed by atoms with Crippen molar-refractivity contribution in [2.24, 2.45) is 0 Å². The van der Waals surface area contributed by atoms with E-state index < -0.39 is 0 Å². The Labute approximate surface area is 122 Å². The molecule has 0 saturated heterocycles. The fraction of sp³-hybridized carbons (Fsp3) is 0.250. The second-order valence-corrected chi connectivity index (χ2v) is 5.31. The maximum absolute atomic E-state index is 13.2. The molecule has 0 heterocycles. The lowest BCUT2D eigenvalue weighted by Gasteiger charge is -2.22. The Bertz CT molecular complexity index is 568. The SMILES string of the molecule is Cc1ccc(N(C)Cc2cccc(F)c2)c(CBr)c1. The largest absolute Gasteiger partial charge is 0.370 e. The van der Waals surface area contributed by atoms with Gasteiger partial charge in [-0.05, 0) is 36.2 Å². The molecule has 0 saturated carbocycles. The zero-order valence-corrected chi connectivity index (χ0v) is 12.7. The summed E-state index contributed by atoms with van der Waals surface area (Å²) in [7, 11) is 2.03. The molecule has 0 aliphatic heterocycles. The van der Waals surface area contributed by atoms with Crippen molar-refractivity contribution in [1.82, 2.24) is 0 Å². The second kappa shape index (κ2) is 6.20. The molecule has 0 N–H and O–H groups in total. The first-order chi connectivity index (χ1) is 9.10. The number of benzene rings is 2. The molecule has 0 unspecified atom stereocenters. The molecular formula is C16H17BrFN. The monoisotopic (exact) mass is 321 g/mol. The van der Waals surface area contributed by atoms with E-state index in [4.69, 9.17) is 0 Å². The highest BCUT2D eigenvalue weighted by atomic mass is 79.9. The Morgan fingerprint density at radius 3 is 2.63 bits per heavy atom. The van der Waals surface area contributed by atoms with Crippen molar-refractivity contribution in [3.63, 3.8) is 0 Å². The lowest BCUT2D eigenvalue weighted by atomic mass is 10.1. The highest BCUT2D eigenvalue weighted by molar-refractivity contribution is 9.08. The molecule has 0 radical (unpaired) electrons. The normalized spacial score (nSPS) is 10.5. The van der Waals surface area contributed by atoms with Gasteiger partial charge in [0.1, 0.15) is 5.82 Å². The molecule has 0 bridgehead atoms. The summed E-state index contributed by atoms with van der Waals surface area (Å²) in [5, 5.41) is 0.817. The summed E-state index contributed by atoms with van der Waals surface area (Å²) in [5.74, 6) is -0.185. The fourth-order valence-corrected chi connectivity index (χ4v) is 2.64. The maximum Gasteiger partial charge on any atom is 0.123 e. The number of rotatable bonds is 4. The maximum atomic E-state index is 13.2.